The third-order valence-corrected chi connectivity index (χ3v) is 5.62. The molecule has 1 aromatic heterocycles. The van der Waals surface area contributed by atoms with Crippen LogP contribution in [0.25, 0.3) is 0 Å². The van der Waals surface area contributed by atoms with E-state index in [9.17, 15) is 9.59 Å². The van der Waals surface area contributed by atoms with Crippen LogP contribution in [0.2, 0.25) is 0 Å². The van der Waals surface area contributed by atoms with Crippen molar-refractivity contribution in [3.63, 3.8) is 0 Å². The van der Waals surface area contributed by atoms with Crippen LogP contribution in [0.3, 0.4) is 0 Å². The van der Waals surface area contributed by atoms with E-state index in [2.05, 4.69) is 15.3 Å². The summed E-state index contributed by atoms with van der Waals surface area (Å²) in [6.07, 6.45) is 0.874. The molecule has 0 saturated carbocycles. The van der Waals surface area contributed by atoms with Crippen LogP contribution in [0.5, 0.6) is 0 Å². The molecule has 2 amide bonds. The van der Waals surface area contributed by atoms with Gasteiger partial charge in [-0.15, -0.1) is 0 Å². The lowest BCUT2D eigenvalue weighted by atomic mass is 10.0. The smallest absolute Gasteiger partial charge is 0.274 e. The van der Waals surface area contributed by atoms with E-state index in [0.29, 0.717) is 30.9 Å². The molecule has 0 spiro atoms. The predicted octanol–water partition coefficient (Wildman–Crippen LogP) is 2.60. The number of amides is 2. The number of hydrogen-bond donors (Lipinski definition) is 1. The van der Waals surface area contributed by atoms with Crippen molar-refractivity contribution in [2.75, 3.05) is 19.6 Å². The van der Waals surface area contributed by atoms with Crippen LogP contribution in [-0.4, -0.2) is 57.1 Å². The average molecular weight is 412 g/mol. The number of carbonyl (C=O) groups excluding carboxylic acids is 2. The number of fused-ring (bicyclic) bond motifs is 1. The van der Waals surface area contributed by atoms with Gasteiger partial charge in [0, 0.05) is 69.1 Å². The first-order valence-corrected chi connectivity index (χ1v) is 10.8. The van der Waals surface area contributed by atoms with E-state index in [1.165, 1.54) is 0 Å². The zero-order valence-electron chi connectivity index (χ0n) is 18.7. The summed E-state index contributed by atoms with van der Waals surface area (Å²) >= 11 is 0. The third kappa shape index (κ3) is 4.73. The maximum Gasteiger partial charge on any atom is 0.274 e. The Bertz CT molecular complexity index is 897. The van der Waals surface area contributed by atoms with E-state index in [1.54, 1.807) is 0 Å². The van der Waals surface area contributed by atoms with Gasteiger partial charge in [0.25, 0.3) is 11.8 Å². The first-order chi connectivity index (χ1) is 14.3. The van der Waals surface area contributed by atoms with Crippen molar-refractivity contribution in [1.29, 1.82) is 0 Å². The topological polar surface area (TPSA) is 70.5 Å². The fourth-order valence-corrected chi connectivity index (χ4v) is 3.98. The lowest BCUT2D eigenvalue weighted by Gasteiger charge is -2.28. The second-order valence-electron chi connectivity index (χ2n) is 8.16. The van der Waals surface area contributed by atoms with Gasteiger partial charge in [-0.05, 0) is 45.4 Å². The lowest BCUT2D eigenvalue weighted by molar-refractivity contribution is 0.0763. The maximum atomic E-state index is 12.9. The van der Waals surface area contributed by atoms with E-state index in [4.69, 9.17) is 0 Å². The van der Waals surface area contributed by atoms with Crippen LogP contribution in [0, 0.1) is 0 Å². The van der Waals surface area contributed by atoms with Crippen molar-refractivity contribution in [2.24, 2.45) is 7.05 Å². The summed E-state index contributed by atoms with van der Waals surface area (Å²) in [7, 11) is 1.93. The molecule has 0 aliphatic carbocycles. The highest BCUT2D eigenvalue weighted by Crippen LogP contribution is 2.24. The standard InChI is InChI=1S/C23H33N5O2/c1-6-28(7-2)23(30)21-19-15-27(13-12-20(19)26(5)25-21)14-17-8-10-18(11-9-17)22(29)24-16(3)4/h8-11,16H,6-7,12-15H2,1-5H3,(H,24,29). The number of nitrogens with one attached hydrogen (secondary N) is 1. The molecule has 3 rings (SSSR count). The van der Waals surface area contributed by atoms with Crippen molar-refractivity contribution in [1.82, 2.24) is 24.9 Å². The van der Waals surface area contributed by atoms with E-state index < -0.39 is 0 Å². The molecule has 1 aliphatic heterocycles. The molecule has 162 valence electrons. The SMILES string of the molecule is CCN(CC)C(=O)c1nn(C)c2c1CN(Cc1ccc(C(=O)NC(C)C)cc1)CC2. The van der Waals surface area contributed by atoms with Gasteiger partial charge >= 0.3 is 0 Å². The van der Waals surface area contributed by atoms with E-state index in [1.807, 2.05) is 68.6 Å². The Hall–Kier alpha value is -2.67. The van der Waals surface area contributed by atoms with Gasteiger partial charge in [-0.25, -0.2) is 0 Å². The maximum absolute atomic E-state index is 12.9. The second kappa shape index (κ2) is 9.43. The molecule has 1 aliphatic rings. The van der Waals surface area contributed by atoms with E-state index in [-0.39, 0.29) is 17.9 Å². The Labute approximate surface area is 179 Å². The van der Waals surface area contributed by atoms with E-state index >= 15 is 0 Å². The third-order valence-electron chi connectivity index (χ3n) is 5.62. The number of rotatable bonds is 7. The molecule has 2 aromatic rings. The first-order valence-electron chi connectivity index (χ1n) is 10.8. The summed E-state index contributed by atoms with van der Waals surface area (Å²) in [5, 5.41) is 7.47. The number of hydrogen-bond acceptors (Lipinski definition) is 4. The summed E-state index contributed by atoms with van der Waals surface area (Å²) in [6.45, 7) is 11.7. The molecule has 1 aromatic carbocycles. The van der Waals surface area contributed by atoms with Gasteiger partial charge in [-0.3, -0.25) is 19.2 Å². The molecule has 30 heavy (non-hydrogen) atoms. The highest BCUT2D eigenvalue weighted by atomic mass is 16.2. The van der Waals surface area contributed by atoms with Crippen molar-refractivity contribution < 1.29 is 9.59 Å². The van der Waals surface area contributed by atoms with Crippen LogP contribution in [0.15, 0.2) is 24.3 Å². The average Bonchev–Trinajstić information content (AvgIpc) is 3.05. The monoisotopic (exact) mass is 411 g/mol. The Morgan fingerprint density at radius 1 is 1.17 bits per heavy atom. The number of aromatic nitrogens is 2. The van der Waals surface area contributed by atoms with Gasteiger partial charge in [-0.1, -0.05) is 12.1 Å². The quantitative estimate of drug-likeness (QED) is 0.760. The number of carbonyl (C=O) groups is 2. The van der Waals surface area contributed by atoms with Crippen molar-refractivity contribution in [3.05, 3.63) is 52.3 Å². The number of aryl methyl sites for hydroxylation is 1. The molecule has 0 unspecified atom stereocenters. The minimum absolute atomic E-state index is 0.0132. The van der Waals surface area contributed by atoms with Crippen LogP contribution < -0.4 is 5.32 Å². The molecule has 1 N–H and O–H groups in total. The van der Waals surface area contributed by atoms with Gasteiger partial charge in [-0.2, -0.15) is 5.10 Å². The van der Waals surface area contributed by atoms with Gasteiger partial charge in [0.2, 0.25) is 0 Å². The highest BCUT2D eigenvalue weighted by molar-refractivity contribution is 5.94. The van der Waals surface area contributed by atoms with Crippen molar-refractivity contribution >= 4 is 11.8 Å². The Kier molecular flexibility index (Phi) is 6.92. The molecule has 7 heteroatoms. The normalized spacial score (nSPS) is 13.9. The Morgan fingerprint density at radius 3 is 2.43 bits per heavy atom. The summed E-state index contributed by atoms with van der Waals surface area (Å²) in [4.78, 5) is 29.2. The second-order valence-corrected chi connectivity index (χ2v) is 8.16. The molecule has 0 saturated heterocycles. The van der Waals surface area contributed by atoms with Crippen LogP contribution in [0.4, 0.5) is 0 Å². The van der Waals surface area contributed by atoms with Crippen LogP contribution >= 0.6 is 0 Å². The van der Waals surface area contributed by atoms with Gasteiger partial charge < -0.3 is 10.2 Å². The van der Waals surface area contributed by atoms with Gasteiger partial charge in [0.15, 0.2) is 5.69 Å². The van der Waals surface area contributed by atoms with Crippen LogP contribution in [-0.2, 0) is 26.6 Å². The molecular formula is C23H33N5O2. The first kappa shape index (κ1) is 22.0. The van der Waals surface area contributed by atoms with Crippen LogP contribution in [0.1, 0.15) is 65.4 Å². The van der Waals surface area contributed by atoms with Gasteiger partial charge in [0.05, 0.1) is 0 Å². The molecular weight excluding hydrogens is 378 g/mol. The van der Waals surface area contributed by atoms with Crippen molar-refractivity contribution in [2.45, 2.75) is 53.2 Å². The minimum Gasteiger partial charge on any atom is -0.350 e. The molecule has 0 fully saturated rings. The Balaban J connectivity index is 1.72. The Morgan fingerprint density at radius 2 is 1.83 bits per heavy atom. The van der Waals surface area contributed by atoms with Gasteiger partial charge in [0.1, 0.15) is 0 Å². The zero-order chi connectivity index (χ0) is 21.8. The molecule has 2 heterocycles. The predicted molar refractivity (Wildman–Crippen MR) is 117 cm³/mol. The summed E-state index contributed by atoms with van der Waals surface area (Å²) in [5.74, 6) is -0.0340. The fraction of sp³-hybridized carbons (Fsp3) is 0.522. The molecule has 7 nitrogen and oxygen atoms in total. The van der Waals surface area contributed by atoms with Crippen molar-refractivity contribution in [3.8, 4) is 0 Å². The highest BCUT2D eigenvalue weighted by Gasteiger charge is 2.28. The number of benzene rings is 1. The van der Waals surface area contributed by atoms with E-state index in [0.717, 1.165) is 36.3 Å². The minimum atomic E-state index is -0.0471. The number of nitrogens with zero attached hydrogens (tertiary/aromatic N) is 4. The summed E-state index contributed by atoms with van der Waals surface area (Å²) in [5.41, 5.74) is 4.62. The molecule has 0 radical (unpaired) electrons. The lowest BCUT2D eigenvalue weighted by Crippen LogP contribution is -2.34. The largest absolute Gasteiger partial charge is 0.350 e. The molecule has 0 bridgehead atoms. The molecule has 0 atom stereocenters. The summed E-state index contributed by atoms with van der Waals surface area (Å²) in [6, 6.07) is 7.89. The summed E-state index contributed by atoms with van der Waals surface area (Å²) < 4.78 is 1.87. The zero-order valence-corrected chi connectivity index (χ0v) is 18.7. The fourth-order valence-electron chi connectivity index (χ4n) is 3.98.